The van der Waals surface area contributed by atoms with Crippen LogP contribution < -0.4 is 10.5 Å². The zero-order valence-electron chi connectivity index (χ0n) is 18.9. The van der Waals surface area contributed by atoms with Gasteiger partial charge in [-0.05, 0) is 69.7 Å². The Labute approximate surface area is 190 Å². The smallest absolute Gasteiger partial charge is 0.306 e. The first-order valence-electron chi connectivity index (χ1n) is 11.6. The molecule has 32 heavy (non-hydrogen) atoms. The number of rotatable bonds is 10. The molecule has 2 aliphatic rings. The maximum Gasteiger partial charge on any atom is 0.306 e. The summed E-state index contributed by atoms with van der Waals surface area (Å²) in [5.41, 5.74) is 5.56. The van der Waals surface area contributed by atoms with Crippen molar-refractivity contribution >= 4 is 17.8 Å². The predicted octanol–water partition coefficient (Wildman–Crippen LogP) is 1.82. The van der Waals surface area contributed by atoms with Crippen LogP contribution in [0.5, 0.6) is 5.75 Å². The van der Waals surface area contributed by atoms with Gasteiger partial charge in [-0.3, -0.25) is 19.3 Å². The van der Waals surface area contributed by atoms with Gasteiger partial charge in [0.2, 0.25) is 5.91 Å². The lowest BCUT2D eigenvalue weighted by Crippen LogP contribution is -2.47. The molecule has 0 aliphatic carbocycles. The van der Waals surface area contributed by atoms with Gasteiger partial charge in [-0.15, -0.1) is 0 Å². The van der Waals surface area contributed by atoms with Gasteiger partial charge in [0.25, 0.3) is 5.91 Å². The highest BCUT2D eigenvalue weighted by Gasteiger charge is 2.35. The number of esters is 1. The Balaban J connectivity index is 1.59. The maximum absolute atomic E-state index is 12.8. The van der Waals surface area contributed by atoms with Gasteiger partial charge in [0.1, 0.15) is 5.75 Å². The number of carbonyl (C=O) groups excluding carboxylic acids is 3. The fourth-order valence-corrected chi connectivity index (χ4v) is 4.84. The van der Waals surface area contributed by atoms with Gasteiger partial charge in [-0.25, -0.2) is 0 Å². The van der Waals surface area contributed by atoms with Crippen molar-refractivity contribution in [2.75, 3.05) is 39.4 Å². The summed E-state index contributed by atoms with van der Waals surface area (Å²) >= 11 is 0. The van der Waals surface area contributed by atoms with Gasteiger partial charge >= 0.3 is 5.97 Å². The van der Waals surface area contributed by atoms with Crippen molar-refractivity contribution in [3.63, 3.8) is 0 Å². The van der Waals surface area contributed by atoms with Crippen LogP contribution in [0.2, 0.25) is 0 Å². The summed E-state index contributed by atoms with van der Waals surface area (Å²) in [5.74, 6) is 0.464. The normalized spacial score (nSPS) is 23.7. The first kappa shape index (κ1) is 24.0. The van der Waals surface area contributed by atoms with E-state index in [1.807, 2.05) is 35.2 Å². The first-order valence-corrected chi connectivity index (χ1v) is 11.6. The zero-order chi connectivity index (χ0) is 22.9. The number of benzene rings is 1. The number of ether oxygens (including phenoxy) is 2. The van der Waals surface area contributed by atoms with E-state index in [1.165, 1.54) is 0 Å². The van der Waals surface area contributed by atoms with Crippen molar-refractivity contribution in [1.29, 1.82) is 0 Å². The minimum atomic E-state index is -0.274. The molecule has 2 N–H and O–H groups in total. The van der Waals surface area contributed by atoms with Gasteiger partial charge in [-0.1, -0.05) is 18.2 Å². The SMILES string of the molecule is CCOC(=O)C[C@H]1CCN(C(=O)COc2ccccc2)C[C@@H]1CCN1CCC[C@H]1C(N)=O. The van der Waals surface area contributed by atoms with Crippen LogP contribution in [0.15, 0.2) is 30.3 Å². The average molecular weight is 446 g/mol. The van der Waals surface area contributed by atoms with E-state index in [0.29, 0.717) is 31.9 Å². The monoisotopic (exact) mass is 445 g/mol. The molecule has 176 valence electrons. The van der Waals surface area contributed by atoms with Crippen molar-refractivity contribution in [3.8, 4) is 5.75 Å². The Kier molecular flexibility index (Phi) is 8.90. The van der Waals surface area contributed by atoms with E-state index in [9.17, 15) is 14.4 Å². The molecule has 8 nitrogen and oxygen atoms in total. The molecule has 0 aromatic heterocycles. The van der Waals surface area contributed by atoms with Crippen LogP contribution in [0.1, 0.15) is 39.0 Å². The van der Waals surface area contributed by atoms with E-state index in [0.717, 1.165) is 38.8 Å². The number of primary amides is 1. The molecule has 3 atom stereocenters. The van der Waals surface area contributed by atoms with Gasteiger partial charge in [0.15, 0.2) is 6.61 Å². The summed E-state index contributed by atoms with van der Waals surface area (Å²) in [7, 11) is 0. The van der Waals surface area contributed by atoms with Crippen LogP contribution in [0.4, 0.5) is 0 Å². The number of nitrogens with two attached hydrogens (primary N) is 1. The third-order valence-electron chi connectivity index (χ3n) is 6.56. The molecule has 2 heterocycles. The largest absolute Gasteiger partial charge is 0.484 e. The Morgan fingerprint density at radius 1 is 1.09 bits per heavy atom. The summed E-state index contributed by atoms with van der Waals surface area (Å²) in [6, 6.07) is 9.08. The van der Waals surface area contributed by atoms with Crippen molar-refractivity contribution < 1.29 is 23.9 Å². The molecule has 0 unspecified atom stereocenters. The van der Waals surface area contributed by atoms with Gasteiger partial charge in [0.05, 0.1) is 12.6 Å². The van der Waals surface area contributed by atoms with Crippen molar-refractivity contribution in [1.82, 2.24) is 9.80 Å². The van der Waals surface area contributed by atoms with E-state index < -0.39 is 0 Å². The molecule has 0 bridgehead atoms. The molecule has 3 rings (SSSR count). The summed E-state index contributed by atoms with van der Waals surface area (Å²) in [4.78, 5) is 40.6. The average Bonchev–Trinajstić information content (AvgIpc) is 3.26. The Morgan fingerprint density at radius 3 is 2.59 bits per heavy atom. The number of para-hydroxylation sites is 1. The Morgan fingerprint density at radius 2 is 1.88 bits per heavy atom. The van der Waals surface area contributed by atoms with E-state index in [-0.39, 0.29) is 42.3 Å². The third-order valence-corrected chi connectivity index (χ3v) is 6.56. The molecule has 1 aromatic rings. The van der Waals surface area contributed by atoms with Crippen LogP contribution >= 0.6 is 0 Å². The Hall–Kier alpha value is -2.61. The lowest BCUT2D eigenvalue weighted by molar-refractivity contribution is -0.145. The number of piperidine rings is 1. The summed E-state index contributed by atoms with van der Waals surface area (Å²) < 4.78 is 10.8. The summed E-state index contributed by atoms with van der Waals surface area (Å²) in [5, 5.41) is 0. The highest BCUT2D eigenvalue weighted by molar-refractivity contribution is 5.80. The number of carbonyl (C=O) groups is 3. The molecular weight excluding hydrogens is 410 g/mol. The molecule has 0 radical (unpaired) electrons. The molecule has 2 amide bonds. The minimum absolute atomic E-state index is 0.00481. The molecule has 2 aliphatic heterocycles. The van der Waals surface area contributed by atoms with Crippen LogP contribution in [0, 0.1) is 11.8 Å². The second-order valence-electron chi connectivity index (χ2n) is 8.64. The van der Waals surface area contributed by atoms with E-state index >= 15 is 0 Å². The van der Waals surface area contributed by atoms with Gasteiger partial charge in [-0.2, -0.15) is 0 Å². The molecule has 1 aromatic carbocycles. The van der Waals surface area contributed by atoms with Crippen LogP contribution in [-0.4, -0.2) is 73.0 Å². The molecule has 0 spiro atoms. The van der Waals surface area contributed by atoms with Gasteiger partial charge in [0, 0.05) is 19.5 Å². The number of nitrogens with zero attached hydrogens (tertiary/aromatic N) is 2. The summed E-state index contributed by atoms with van der Waals surface area (Å²) in [6.07, 6.45) is 3.68. The zero-order valence-corrected chi connectivity index (χ0v) is 18.9. The summed E-state index contributed by atoms with van der Waals surface area (Å²) in [6.45, 7) is 4.94. The van der Waals surface area contributed by atoms with Crippen LogP contribution in [-0.2, 0) is 19.1 Å². The van der Waals surface area contributed by atoms with Crippen molar-refractivity contribution in [3.05, 3.63) is 30.3 Å². The van der Waals surface area contributed by atoms with Crippen molar-refractivity contribution in [2.45, 2.75) is 45.1 Å². The quantitative estimate of drug-likeness (QED) is 0.551. The number of amides is 2. The predicted molar refractivity (Wildman–Crippen MR) is 120 cm³/mol. The first-order chi connectivity index (χ1) is 15.5. The third kappa shape index (κ3) is 6.69. The topological polar surface area (TPSA) is 102 Å². The van der Waals surface area contributed by atoms with Gasteiger partial charge < -0.3 is 20.1 Å². The minimum Gasteiger partial charge on any atom is -0.484 e. The van der Waals surface area contributed by atoms with E-state index in [4.69, 9.17) is 15.2 Å². The number of hydrogen-bond acceptors (Lipinski definition) is 6. The second kappa shape index (κ2) is 11.9. The molecule has 2 fully saturated rings. The molecule has 2 saturated heterocycles. The lowest BCUT2D eigenvalue weighted by Gasteiger charge is -2.39. The highest BCUT2D eigenvalue weighted by Crippen LogP contribution is 2.31. The van der Waals surface area contributed by atoms with E-state index in [1.54, 1.807) is 6.92 Å². The highest BCUT2D eigenvalue weighted by atomic mass is 16.5. The van der Waals surface area contributed by atoms with Crippen LogP contribution in [0.25, 0.3) is 0 Å². The Bertz CT molecular complexity index is 772. The standard InChI is InChI=1S/C24H35N3O5/c1-2-31-23(29)15-18-10-14-27(22(28)17-32-20-7-4-3-5-8-20)16-19(18)11-13-26-12-6-9-21(26)24(25)30/h3-5,7-8,18-19,21H,2,6,9-17H2,1H3,(H2,25,30)/t18-,19+,21+/m1/s1. The van der Waals surface area contributed by atoms with Crippen molar-refractivity contribution in [2.24, 2.45) is 17.6 Å². The molecule has 0 saturated carbocycles. The lowest BCUT2D eigenvalue weighted by atomic mass is 9.81. The fourth-order valence-electron chi connectivity index (χ4n) is 4.84. The number of hydrogen-bond donors (Lipinski definition) is 1. The maximum atomic E-state index is 12.8. The molecular formula is C24H35N3O5. The molecule has 8 heteroatoms. The number of likely N-dealkylation sites (tertiary alicyclic amines) is 2. The van der Waals surface area contributed by atoms with Crippen LogP contribution in [0.3, 0.4) is 0 Å². The second-order valence-corrected chi connectivity index (χ2v) is 8.64. The fraction of sp³-hybridized carbons (Fsp3) is 0.625. The van der Waals surface area contributed by atoms with E-state index in [2.05, 4.69) is 4.90 Å².